The molecule has 3 rings (SSSR count). The minimum absolute atomic E-state index is 0.104. The van der Waals surface area contributed by atoms with Gasteiger partial charge in [-0.05, 0) is 54.9 Å². The van der Waals surface area contributed by atoms with Crippen LogP contribution in [0.4, 0.5) is 5.69 Å². The van der Waals surface area contributed by atoms with E-state index >= 15 is 0 Å². The number of carbonyl (C=O) groups is 1. The Hall–Kier alpha value is -2.89. The lowest BCUT2D eigenvalue weighted by Crippen LogP contribution is -2.38. The SMILES string of the molecule is Cc1cccc(C)c1NC(=O)CN(C)C[C@@H](O)COc1ccc2ccccc2c1. The van der Waals surface area contributed by atoms with Gasteiger partial charge in [0, 0.05) is 12.2 Å². The minimum Gasteiger partial charge on any atom is -0.491 e. The summed E-state index contributed by atoms with van der Waals surface area (Å²) in [5.41, 5.74) is 2.92. The van der Waals surface area contributed by atoms with E-state index in [1.165, 1.54) is 0 Å². The third kappa shape index (κ3) is 5.79. The molecule has 152 valence electrons. The molecule has 1 atom stereocenters. The van der Waals surface area contributed by atoms with Crippen molar-refractivity contribution in [1.82, 2.24) is 4.90 Å². The number of benzene rings is 3. The van der Waals surface area contributed by atoms with Crippen molar-refractivity contribution in [3.05, 3.63) is 71.8 Å². The molecule has 0 aliphatic rings. The second kappa shape index (κ2) is 9.54. The highest BCUT2D eigenvalue weighted by Crippen LogP contribution is 2.21. The molecule has 0 aromatic heterocycles. The number of likely N-dealkylation sites (N-methyl/N-ethyl adjacent to an activating group) is 1. The fraction of sp³-hybridized carbons (Fsp3) is 0.292. The molecule has 3 aromatic rings. The molecular formula is C24H28N2O3. The topological polar surface area (TPSA) is 61.8 Å². The van der Waals surface area contributed by atoms with Crippen LogP contribution in [0.5, 0.6) is 5.75 Å². The Bertz CT molecular complexity index is 967. The molecule has 5 nitrogen and oxygen atoms in total. The van der Waals surface area contributed by atoms with E-state index in [4.69, 9.17) is 4.74 Å². The summed E-state index contributed by atoms with van der Waals surface area (Å²) in [4.78, 5) is 14.1. The van der Waals surface area contributed by atoms with E-state index in [0.717, 1.165) is 33.3 Å². The number of aliphatic hydroxyl groups is 1. The van der Waals surface area contributed by atoms with Crippen LogP contribution in [0.2, 0.25) is 0 Å². The zero-order valence-electron chi connectivity index (χ0n) is 17.2. The summed E-state index contributed by atoms with van der Waals surface area (Å²) in [5.74, 6) is 0.616. The van der Waals surface area contributed by atoms with Gasteiger partial charge in [-0.15, -0.1) is 0 Å². The smallest absolute Gasteiger partial charge is 0.238 e. The van der Waals surface area contributed by atoms with Crippen molar-refractivity contribution in [3.8, 4) is 5.75 Å². The number of ether oxygens (including phenoxy) is 1. The second-order valence-electron chi connectivity index (χ2n) is 7.49. The van der Waals surface area contributed by atoms with Crippen LogP contribution in [0.25, 0.3) is 10.8 Å². The average molecular weight is 392 g/mol. The predicted octanol–water partition coefficient (Wildman–Crippen LogP) is 3.77. The zero-order valence-corrected chi connectivity index (χ0v) is 17.2. The molecule has 2 N–H and O–H groups in total. The molecule has 0 unspecified atom stereocenters. The lowest BCUT2D eigenvalue weighted by molar-refractivity contribution is -0.117. The standard InChI is InChI=1S/C24H28N2O3/c1-17-7-6-8-18(2)24(17)25-23(28)15-26(3)14-21(27)16-29-22-12-11-19-9-4-5-10-20(19)13-22/h4-13,21,27H,14-16H2,1-3H3,(H,25,28)/t21-/m1/s1. The minimum atomic E-state index is -0.695. The molecular weight excluding hydrogens is 364 g/mol. The number of carbonyl (C=O) groups excluding carboxylic acids is 1. The summed E-state index contributed by atoms with van der Waals surface area (Å²) >= 11 is 0. The Kier molecular flexibility index (Phi) is 6.86. The van der Waals surface area contributed by atoms with Crippen molar-refractivity contribution in [3.63, 3.8) is 0 Å². The quantitative estimate of drug-likeness (QED) is 0.613. The first-order valence-electron chi connectivity index (χ1n) is 9.76. The van der Waals surface area contributed by atoms with Crippen LogP contribution < -0.4 is 10.1 Å². The molecule has 5 heteroatoms. The Balaban J connectivity index is 1.47. The van der Waals surface area contributed by atoms with Gasteiger partial charge in [-0.3, -0.25) is 9.69 Å². The number of fused-ring (bicyclic) bond motifs is 1. The van der Waals surface area contributed by atoms with Crippen molar-refractivity contribution in [2.45, 2.75) is 20.0 Å². The molecule has 1 amide bonds. The fourth-order valence-corrected chi connectivity index (χ4v) is 3.36. The molecule has 0 radical (unpaired) electrons. The summed E-state index contributed by atoms with van der Waals surface area (Å²) in [7, 11) is 1.81. The average Bonchev–Trinajstić information content (AvgIpc) is 2.69. The third-order valence-corrected chi connectivity index (χ3v) is 4.84. The van der Waals surface area contributed by atoms with Gasteiger partial charge < -0.3 is 15.2 Å². The summed E-state index contributed by atoms with van der Waals surface area (Å²) in [5, 5.41) is 15.5. The number of aliphatic hydroxyl groups excluding tert-OH is 1. The van der Waals surface area contributed by atoms with Gasteiger partial charge in [-0.2, -0.15) is 0 Å². The van der Waals surface area contributed by atoms with E-state index < -0.39 is 6.10 Å². The molecule has 3 aromatic carbocycles. The summed E-state index contributed by atoms with van der Waals surface area (Å²) < 4.78 is 5.73. The lowest BCUT2D eigenvalue weighted by Gasteiger charge is -2.21. The van der Waals surface area contributed by atoms with Crippen LogP contribution in [0, 0.1) is 13.8 Å². The zero-order chi connectivity index (χ0) is 20.8. The molecule has 0 spiro atoms. The molecule has 0 aliphatic heterocycles. The lowest BCUT2D eigenvalue weighted by atomic mass is 10.1. The first kappa shape index (κ1) is 20.8. The van der Waals surface area contributed by atoms with Crippen molar-refractivity contribution in [1.29, 1.82) is 0 Å². The first-order valence-corrected chi connectivity index (χ1v) is 9.76. The summed E-state index contributed by atoms with van der Waals surface area (Å²) in [6.07, 6.45) is -0.695. The number of aryl methyl sites for hydroxylation is 2. The van der Waals surface area contributed by atoms with Crippen LogP contribution >= 0.6 is 0 Å². The maximum Gasteiger partial charge on any atom is 0.238 e. The summed E-state index contributed by atoms with van der Waals surface area (Å²) in [6, 6.07) is 19.8. The maximum absolute atomic E-state index is 12.3. The number of nitrogens with zero attached hydrogens (tertiary/aromatic N) is 1. The highest BCUT2D eigenvalue weighted by molar-refractivity contribution is 5.93. The van der Waals surface area contributed by atoms with E-state index in [2.05, 4.69) is 5.32 Å². The number of anilines is 1. The van der Waals surface area contributed by atoms with Crippen molar-refractivity contribution < 1.29 is 14.6 Å². The largest absolute Gasteiger partial charge is 0.491 e. The number of amides is 1. The van der Waals surface area contributed by atoms with E-state index in [1.54, 1.807) is 4.90 Å². The van der Waals surface area contributed by atoms with Gasteiger partial charge >= 0.3 is 0 Å². The fourth-order valence-electron chi connectivity index (χ4n) is 3.36. The summed E-state index contributed by atoms with van der Waals surface area (Å²) in [6.45, 7) is 4.65. The number of hydrogen-bond donors (Lipinski definition) is 2. The molecule has 0 heterocycles. The van der Waals surface area contributed by atoms with Gasteiger partial charge in [-0.1, -0.05) is 48.5 Å². The highest BCUT2D eigenvalue weighted by Gasteiger charge is 2.14. The van der Waals surface area contributed by atoms with E-state index in [1.807, 2.05) is 81.6 Å². The van der Waals surface area contributed by atoms with Crippen molar-refractivity contribution in [2.75, 3.05) is 32.1 Å². The second-order valence-corrected chi connectivity index (χ2v) is 7.49. The Morgan fingerprint density at radius 3 is 2.45 bits per heavy atom. The van der Waals surface area contributed by atoms with Crippen molar-refractivity contribution in [2.24, 2.45) is 0 Å². The Morgan fingerprint density at radius 1 is 1.03 bits per heavy atom. The molecule has 0 saturated carbocycles. The van der Waals surface area contributed by atoms with Gasteiger partial charge in [0.2, 0.25) is 5.91 Å². The van der Waals surface area contributed by atoms with Gasteiger partial charge in [0.25, 0.3) is 0 Å². The van der Waals surface area contributed by atoms with Crippen LogP contribution in [0.3, 0.4) is 0 Å². The number of para-hydroxylation sites is 1. The number of nitrogens with one attached hydrogen (secondary N) is 1. The van der Waals surface area contributed by atoms with Crippen LogP contribution in [-0.2, 0) is 4.79 Å². The number of hydrogen-bond acceptors (Lipinski definition) is 4. The van der Waals surface area contributed by atoms with Gasteiger partial charge in [0.15, 0.2) is 0 Å². The molecule has 0 aliphatic carbocycles. The van der Waals surface area contributed by atoms with Crippen LogP contribution in [0.1, 0.15) is 11.1 Å². The molecule has 0 bridgehead atoms. The van der Waals surface area contributed by atoms with E-state index in [0.29, 0.717) is 6.54 Å². The van der Waals surface area contributed by atoms with Gasteiger partial charge in [0.05, 0.1) is 6.54 Å². The highest BCUT2D eigenvalue weighted by atomic mass is 16.5. The molecule has 0 saturated heterocycles. The molecule has 29 heavy (non-hydrogen) atoms. The van der Waals surface area contributed by atoms with Gasteiger partial charge in [-0.25, -0.2) is 0 Å². The van der Waals surface area contributed by atoms with Crippen LogP contribution in [0.15, 0.2) is 60.7 Å². The maximum atomic E-state index is 12.3. The van der Waals surface area contributed by atoms with Crippen molar-refractivity contribution >= 4 is 22.4 Å². The Morgan fingerprint density at radius 2 is 1.72 bits per heavy atom. The number of rotatable bonds is 8. The predicted molar refractivity (Wildman–Crippen MR) is 117 cm³/mol. The third-order valence-electron chi connectivity index (χ3n) is 4.84. The van der Waals surface area contributed by atoms with Crippen LogP contribution in [-0.4, -0.2) is 48.8 Å². The Labute approximate surface area is 171 Å². The first-order chi connectivity index (χ1) is 13.9. The van der Waals surface area contributed by atoms with E-state index in [-0.39, 0.29) is 19.1 Å². The van der Waals surface area contributed by atoms with E-state index in [9.17, 15) is 9.90 Å². The monoisotopic (exact) mass is 392 g/mol. The van der Waals surface area contributed by atoms with Gasteiger partial charge in [0.1, 0.15) is 18.5 Å². The molecule has 0 fully saturated rings. The normalized spacial score (nSPS) is 12.2.